The fourth-order valence-corrected chi connectivity index (χ4v) is 3.65. The van der Waals surface area contributed by atoms with Gasteiger partial charge in [0, 0.05) is 19.0 Å². The van der Waals surface area contributed by atoms with E-state index in [1.807, 2.05) is 36.1 Å². The van der Waals surface area contributed by atoms with Gasteiger partial charge in [0.1, 0.15) is 18.2 Å². The van der Waals surface area contributed by atoms with Gasteiger partial charge >= 0.3 is 0 Å². The van der Waals surface area contributed by atoms with E-state index in [-0.39, 0.29) is 11.8 Å². The molecular weight excluding hydrogens is 304 g/mol. The Kier molecular flexibility index (Phi) is 3.96. The summed E-state index contributed by atoms with van der Waals surface area (Å²) in [5.41, 5.74) is 1.13. The summed E-state index contributed by atoms with van der Waals surface area (Å²) in [6.07, 6.45) is 2.62. The summed E-state index contributed by atoms with van der Waals surface area (Å²) in [5, 5.41) is 7.17. The summed E-state index contributed by atoms with van der Waals surface area (Å²) in [6.45, 7) is 3.94. The number of aromatic nitrogens is 3. The first-order valence-corrected chi connectivity index (χ1v) is 8.59. The Morgan fingerprint density at radius 2 is 2.08 bits per heavy atom. The van der Waals surface area contributed by atoms with Crippen LogP contribution in [-0.2, 0) is 11.2 Å². The van der Waals surface area contributed by atoms with E-state index >= 15 is 0 Å². The van der Waals surface area contributed by atoms with Crippen LogP contribution in [0.3, 0.4) is 0 Å². The van der Waals surface area contributed by atoms with Crippen molar-refractivity contribution >= 4 is 5.91 Å². The van der Waals surface area contributed by atoms with Gasteiger partial charge in [0.25, 0.3) is 0 Å². The van der Waals surface area contributed by atoms with Crippen LogP contribution in [-0.4, -0.2) is 45.7 Å². The van der Waals surface area contributed by atoms with Gasteiger partial charge in [-0.1, -0.05) is 18.2 Å². The highest BCUT2D eigenvalue weighted by molar-refractivity contribution is 5.80. The SMILES string of the molecule is Cc1nc(C2CCN(C(=O)[C@H]3COc4ccccc4C3)CC2)n[nH]1. The molecule has 0 bridgehead atoms. The average molecular weight is 326 g/mol. The molecule has 0 radical (unpaired) electrons. The molecule has 0 spiro atoms. The van der Waals surface area contributed by atoms with E-state index in [0.717, 1.165) is 55.3 Å². The molecule has 126 valence electrons. The number of benzene rings is 1. The highest BCUT2D eigenvalue weighted by atomic mass is 16.5. The molecule has 3 heterocycles. The average Bonchev–Trinajstić information content (AvgIpc) is 3.07. The van der Waals surface area contributed by atoms with Crippen molar-refractivity contribution in [3.8, 4) is 5.75 Å². The summed E-state index contributed by atoms with van der Waals surface area (Å²) in [4.78, 5) is 19.2. The summed E-state index contributed by atoms with van der Waals surface area (Å²) < 4.78 is 5.77. The molecule has 0 aliphatic carbocycles. The fourth-order valence-electron chi connectivity index (χ4n) is 3.65. The van der Waals surface area contributed by atoms with E-state index in [2.05, 4.69) is 15.2 Å². The van der Waals surface area contributed by atoms with Crippen LogP contribution in [0.2, 0.25) is 0 Å². The van der Waals surface area contributed by atoms with E-state index < -0.39 is 0 Å². The van der Waals surface area contributed by atoms with Crippen LogP contribution in [0, 0.1) is 12.8 Å². The quantitative estimate of drug-likeness (QED) is 0.917. The second kappa shape index (κ2) is 6.26. The largest absolute Gasteiger partial charge is 0.492 e. The van der Waals surface area contributed by atoms with Gasteiger partial charge in [-0.05, 0) is 37.8 Å². The van der Waals surface area contributed by atoms with Crippen molar-refractivity contribution in [2.45, 2.75) is 32.1 Å². The first-order valence-electron chi connectivity index (χ1n) is 8.59. The summed E-state index contributed by atoms with van der Waals surface area (Å²) in [5.74, 6) is 3.15. The zero-order chi connectivity index (χ0) is 16.5. The highest BCUT2D eigenvalue weighted by Crippen LogP contribution is 2.30. The molecule has 1 atom stereocenters. The molecule has 1 fully saturated rings. The Hall–Kier alpha value is -2.37. The van der Waals surface area contributed by atoms with Crippen LogP contribution in [0.25, 0.3) is 0 Å². The predicted molar refractivity (Wildman–Crippen MR) is 88.8 cm³/mol. The van der Waals surface area contributed by atoms with Crippen LogP contribution in [0.5, 0.6) is 5.75 Å². The number of likely N-dealkylation sites (tertiary alicyclic amines) is 1. The van der Waals surface area contributed by atoms with Gasteiger partial charge in [-0.15, -0.1) is 0 Å². The second-order valence-corrected chi connectivity index (χ2v) is 6.70. The summed E-state index contributed by atoms with van der Waals surface area (Å²) in [6, 6.07) is 7.99. The fraction of sp³-hybridized carbons (Fsp3) is 0.500. The molecule has 1 aromatic heterocycles. The molecule has 0 saturated carbocycles. The number of H-pyrrole nitrogens is 1. The Labute approximate surface area is 141 Å². The van der Waals surface area contributed by atoms with E-state index in [1.54, 1.807) is 0 Å². The minimum Gasteiger partial charge on any atom is -0.492 e. The van der Waals surface area contributed by atoms with Crippen LogP contribution in [0.1, 0.15) is 36.0 Å². The van der Waals surface area contributed by atoms with Crippen LogP contribution in [0.15, 0.2) is 24.3 Å². The number of ether oxygens (including phenoxy) is 1. The number of amides is 1. The number of hydrogen-bond donors (Lipinski definition) is 1. The van der Waals surface area contributed by atoms with Crippen molar-refractivity contribution in [1.29, 1.82) is 0 Å². The number of aryl methyl sites for hydroxylation is 1. The van der Waals surface area contributed by atoms with Crippen molar-refractivity contribution in [2.24, 2.45) is 5.92 Å². The number of piperidine rings is 1. The smallest absolute Gasteiger partial charge is 0.229 e. The van der Waals surface area contributed by atoms with E-state index in [4.69, 9.17) is 4.74 Å². The molecule has 1 amide bonds. The van der Waals surface area contributed by atoms with Gasteiger partial charge in [0.2, 0.25) is 5.91 Å². The maximum atomic E-state index is 12.8. The standard InChI is InChI=1S/C18H22N4O2/c1-12-19-17(21-20-12)13-6-8-22(9-7-13)18(23)15-10-14-4-2-3-5-16(14)24-11-15/h2-5,13,15H,6-11H2,1H3,(H,19,20,21)/t15-/m1/s1. The van der Waals surface area contributed by atoms with Crippen LogP contribution < -0.4 is 4.74 Å². The Morgan fingerprint density at radius 1 is 1.29 bits per heavy atom. The van der Waals surface area contributed by atoms with Crippen molar-refractivity contribution in [1.82, 2.24) is 20.1 Å². The number of hydrogen-bond acceptors (Lipinski definition) is 4. The van der Waals surface area contributed by atoms with Gasteiger partial charge in [-0.3, -0.25) is 9.89 Å². The topological polar surface area (TPSA) is 71.1 Å². The molecular formula is C18H22N4O2. The third-order valence-corrected chi connectivity index (χ3v) is 5.01. The van der Waals surface area contributed by atoms with Crippen molar-refractivity contribution in [2.75, 3.05) is 19.7 Å². The van der Waals surface area contributed by atoms with E-state index in [9.17, 15) is 4.79 Å². The van der Waals surface area contributed by atoms with E-state index in [0.29, 0.717) is 12.5 Å². The van der Waals surface area contributed by atoms with Crippen molar-refractivity contribution in [3.05, 3.63) is 41.5 Å². The summed E-state index contributed by atoms with van der Waals surface area (Å²) in [7, 11) is 0. The van der Waals surface area contributed by atoms with Gasteiger partial charge in [0.15, 0.2) is 5.82 Å². The minimum absolute atomic E-state index is 0.0674. The number of carbonyl (C=O) groups excluding carboxylic acids is 1. The lowest BCUT2D eigenvalue weighted by Crippen LogP contribution is -2.44. The molecule has 1 N–H and O–H groups in total. The lowest BCUT2D eigenvalue weighted by Gasteiger charge is -2.34. The lowest BCUT2D eigenvalue weighted by atomic mass is 9.92. The number of nitrogens with one attached hydrogen (secondary N) is 1. The first-order chi connectivity index (χ1) is 11.7. The van der Waals surface area contributed by atoms with Crippen LogP contribution in [0.4, 0.5) is 0 Å². The molecule has 24 heavy (non-hydrogen) atoms. The van der Waals surface area contributed by atoms with Crippen molar-refractivity contribution < 1.29 is 9.53 Å². The van der Waals surface area contributed by atoms with Crippen molar-refractivity contribution in [3.63, 3.8) is 0 Å². The monoisotopic (exact) mass is 326 g/mol. The summed E-state index contributed by atoms with van der Waals surface area (Å²) >= 11 is 0. The predicted octanol–water partition coefficient (Wildman–Crippen LogP) is 2.07. The van der Waals surface area contributed by atoms with Gasteiger partial charge < -0.3 is 9.64 Å². The normalized spacial score (nSPS) is 21.2. The Balaban J connectivity index is 1.37. The third kappa shape index (κ3) is 2.88. The molecule has 4 rings (SSSR count). The molecule has 2 aromatic rings. The third-order valence-electron chi connectivity index (χ3n) is 5.01. The Bertz CT molecular complexity index is 734. The Morgan fingerprint density at radius 3 is 2.83 bits per heavy atom. The number of para-hydroxylation sites is 1. The lowest BCUT2D eigenvalue weighted by molar-refractivity contribution is -0.138. The highest BCUT2D eigenvalue weighted by Gasteiger charge is 2.32. The number of aromatic amines is 1. The molecule has 2 aliphatic rings. The maximum absolute atomic E-state index is 12.8. The molecule has 1 saturated heterocycles. The number of fused-ring (bicyclic) bond motifs is 1. The first kappa shape index (κ1) is 15.2. The maximum Gasteiger partial charge on any atom is 0.229 e. The minimum atomic E-state index is -0.0674. The zero-order valence-corrected chi connectivity index (χ0v) is 13.9. The number of nitrogens with zero attached hydrogens (tertiary/aromatic N) is 3. The molecule has 0 unspecified atom stereocenters. The van der Waals surface area contributed by atoms with E-state index in [1.165, 1.54) is 0 Å². The second-order valence-electron chi connectivity index (χ2n) is 6.70. The zero-order valence-electron chi connectivity index (χ0n) is 13.9. The van der Waals surface area contributed by atoms with Crippen LogP contribution >= 0.6 is 0 Å². The molecule has 6 heteroatoms. The molecule has 1 aromatic carbocycles. The molecule has 2 aliphatic heterocycles. The number of carbonyl (C=O) groups is 1. The van der Waals surface area contributed by atoms with Gasteiger partial charge in [0.05, 0.1) is 5.92 Å². The van der Waals surface area contributed by atoms with Gasteiger partial charge in [-0.2, -0.15) is 5.10 Å². The van der Waals surface area contributed by atoms with Gasteiger partial charge in [-0.25, -0.2) is 4.98 Å². The molecule has 6 nitrogen and oxygen atoms in total. The number of rotatable bonds is 2.